The number of carbonyl (C=O) groups excluding carboxylic acids is 2. The molecule has 1 aromatic carbocycles. The lowest BCUT2D eigenvalue weighted by atomic mass is 9.95. The second kappa shape index (κ2) is 13.6. The van der Waals surface area contributed by atoms with Crippen molar-refractivity contribution < 1.29 is 19.1 Å². The third kappa shape index (κ3) is 10.0. The van der Waals surface area contributed by atoms with Crippen LogP contribution >= 0.6 is 0 Å². The second-order valence-corrected chi connectivity index (χ2v) is 5.55. The van der Waals surface area contributed by atoms with Crippen LogP contribution in [-0.4, -0.2) is 11.9 Å². The van der Waals surface area contributed by atoms with Gasteiger partial charge in [0.2, 0.25) is 0 Å². The molecule has 1 aromatic rings. The zero-order valence-corrected chi connectivity index (χ0v) is 15.8. The lowest BCUT2D eigenvalue weighted by molar-refractivity contribution is -0.142. The minimum Gasteiger partial charge on any atom is -0.461 e. The third-order valence-corrected chi connectivity index (χ3v) is 3.45. The standard InChI is InChI=1S/C18H26O4.C2H6/c1-4-6-15(7-5-2)12-18(20)22-17-10-8-16(9-11-17)13-21-14(3)19;1-2/h8-11,15H,4-7,12-13H2,1-3H3;1-2H3. The number of benzene rings is 1. The Labute approximate surface area is 146 Å². The summed E-state index contributed by atoms with van der Waals surface area (Å²) >= 11 is 0. The van der Waals surface area contributed by atoms with Gasteiger partial charge in [0, 0.05) is 13.3 Å². The fourth-order valence-corrected chi connectivity index (χ4v) is 2.41. The lowest BCUT2D eigenvalue weighted by Gasteiger charge is -2.14. The van der Waals surface area contributed by atoms with Crippen LogP contribution < -0.4 is 4.74 Å². The number of hydrogen-bond acceptors (Lipinski definition) is 4. The molecule has 0 N–H and O–H groups in total. The molecule has 0 saturated carbocycles. The van der Waals surface area contributed by atoms with E-state index in [1.165, 1.54) is 6.92 Å². The average molecular weight is 336 g/mol. The molecular formula is C20H32O4. The Kier molecular flexibility index (Phi) is 12.5. The first-order chi connectivity index (χ1) is 11.5. The molecule has 136 valence electrons. The van der Waals surface area contributed by atoms with Gasteiger partial charge in [-0.2, -0.15) is 0 Å². The maximum absolute atomic E-state index is 12.0. The molecule has 0 bridgehead atoms. The van der Waals surface area contributed by atoms with Gasteiger partial charge in [-0.3, -0.25) is 9.59 Å². The van der Waals surface area contributed by atoms with Crippen LogP contribution in [0.1, 0.15) is 72.3 Å². The molecule has 4 heteroatoms. The molecular weight excluding hydrogens is 304 g/mol. The Morgan fingerprint density at radius 2 is 1.54 bits per heavy atom. The van der Waals surface area contributed by atoms with Gasteiger partial charge >= 0.3 is 11.9 Å². The number of rotatable bonds is 9. The molecule has 0 unspecified atom stereocenters. The Bertz CT molecular complexity index is 459. The van der Waals surface area contributed by atoms with Crippen LogP contribution in [0.4, 0.5) is 0 Å². The molecule has 0 atom stereocenters. The van der Waals surface area contributed by atoms with Crippen molar-refractivity contribution in [1.29, 1.82) is 0 Å². The number of ether oxygens (including phenoxy) is 2. The molecule has 1 rings (SSSR count). The van der Waals surface area contributed by atoms with Crippen molar-refractivity contribution in [2.24, 2.45) is 5.92 Å². The highest BCUT2D eigenvalue weighted by atomic mass is 16.5. The summed E-state index contributed by atoms with van der Waals surface area (Å²) in [6, 6.07) is 7.04. The van der Waals surface area contributed by atoms with Crippen molar-refractivity contribution in [2.45, 2.75) is 73.3 Å². The predicted molar refractivity (Wildman–Crippen MR) is 96.8 cm³/mol. The van der Waals surface area contributed by atoms with Gasteiger partial charge in [0.15, 0.2) is 0 Å². The van der Waals surface area contributed by atoms with Crippen molar-refractivity contribution in [2.75, 3.05) is 0 Å². The maximum atomic E-state index is 12.0. The van der Waals surface area contributed by atoms with Crippen LogP contribution in [0.15, 0.2) is 24.3 Å². The number of esters is 2. The fraction of sp³-hybridized carbons (Fsp3) is 0.600. The topological polar surface area (TPSA) is 52.6 Å². The normalized spacial score (nSPS) is 9.92. The van der Waals surface area contributed by atoms with E-state index in [-0.39, 0.29) is 18.5 Å². The monoisotopic (exact) mass is 336 g/mol. The van der Waals surface area contributed by atoms with Crippen LogP contribution in [0, 0.1) is 5.92 Å². The minimum absolute atomic E-state index is 0.181. The van der Waals surface area contributed by atoms with E-state index in [1.807, 2.05) is 13.8 Å². The molecule has 0 spiro atoms. The maximum Gasteiger partial charge on any atom is 0.311 e. The summed E-state index contributed by atoms with van der Waals surface area (Å²) in [5.41, 5.74) is 0.866. The summed E-state index contributed by atoms with van der Waals surface area (Å²) in [7, 11) is 0. The van der Waals surface area contributed by atoms with Gasteiger partial charge in [0.05, 0.1) is 0 Å². The number of carbonyl (C=O) groups is 2. The first kappa shape index (κ1) is 22.2. The van der Waals surface area contributed by atoms with E-state index in [0.29, 0.717) is 18.1 Å². The molecule has 4 nitrogen and oxygen atoms in total. The first-order valence-corrected chi connectivity index (χ1v) is 8.98. The Morgan fingerprint density at radius 3 is 2.00 bits per heavy atom. The van der Waals surface area contributed by atoms with Crippen molar-refractivity contribution in [3.05, 3.63) is 29.8 Å². The minimum atomic E-state index is -0.312. The third-order valence-electron chi connectivity index (χ3n) is 3.45. The Balaban J connectivity index is 0.00000254. The van der Waals surface area contributed by atoms with Gasteiger partial charge < -0.3 is 9.47 Å². The summed E-state index contributed by atoms with van der Waals surface area (Å²) in [6.45, 7) is 9.88. The highest BCUT2D eigenvalue weighted by molar-refractivity contribution is 5.72. The van der Waals surface area contributed by atoms with Gasteiger partial charge in [-0.15, -0.1) is 0 Å². The highest BCUT2D eigenvalue weighted by Crippen LogP contribution is 2.20. The Morgan fingerprint density at radius 1 is 1.00 bits per heavy atom. The van der Waals surface area contributed by atoms with E-state index < -0.39 is 0 Å². The first-order valence-electron chi connectivity index (χ1n) is 8.98. The van der Waals surface area contributed by atoms with Crippen molar-refractivity contribution in [3.8, 4) is 5.75 Å². The molecule has 0 aliphatic carbocycles. The predicted octanol–water partition coefficient (Wildman–Crippen LogP) is 5.29. The van der Waals surface area contributed by atoms with Crippen LogP contribution in [0.2, 0.25) is 0 Å². The molecule has 0 aliphatic heterocycles. The summed E-state index contributed by atoms with van der Waals surface area (Å²) in [5, 5.41) is 0. The van der Waals surface area contributed by atoms with Crippen LogP contribution in [0.5, 0.6) is 5.75 Å². The van der Waals surface area contributed by atoms with Gasteiger partial charge in [0.25, 0.3) is 0 Å². The number of hydrogen-bond donors (Lipinski definition) is 0. The quantitative estimate of drug-likeness (QED) is 0.454. The van der Waals surface area contributed by atoms with Gasteiger partial charge in [0.1, 0.15) is 12.4 Å². The van der Waals surface area contributed by atoms with Crippen LogP contribution in [0.3, 0.4) is 0 Å². The molecule has 0 amide bonds. The van der Waals surface area contributed by atoms with E-state index in [1.54, 1.807) is 24.3 Å². The molecule has 0 heterocycles. The van der Waals surface area contributed by atoms with Gasteiger partial charge in [-0.25, -0.2) is 0 Å². The van der Waals surface area contributed by atoms with E-state index in [4.69, 9.17) is 9.47 Å². The molecule has 0 aliphatic rings. The van der Waals surface area contributed by atoms with E-state index in [9.17, 15) is 9.59 Å². The summed E-state index contributed by atoms with van der Waals surface area (Å²) in [5.74, 6) is 0.446. The van der Waals surface area contributed by atoms with E-state index in [2.05, 4.69) is 13.8 Å². The highest BCUT2D eigenvalue weighted by Gasteiger charge is 2.14. The van der Waals surface area contributed by atoms with Crippen molar-refractivity contribution in [1.82, 2.24) is 0 Å². The second-order valence-electron chi connectivity index (χ2n) is 5.55. The van der Waals surface area contributed by atoms with Crippen LogP contribution in [0.25, 0.3) is 0 Å². The zero-order valence-electron chi connectivity index (χ0n) is 15.8. The van der Waals surface area contributed by atoms with Gasteiger partial charge in [-0.05, 0) is 23.6 Å². The zero-order chi connectivity index (χ0) is 18.4. The van der Waals surface area contributed by atoms with Crippen molar-refractivity contribution >= 4 is 11.9 Å². The summed E-state index contributed by atoms with van der Waals surface area (Å²) in [6.07, 6.45) is 4.76. The molecule has 0 saturated heterocycles. The lowest BCUT2D eigenvalue weighted by Crippen LogP contribution is -2.14. The van der Waals surface area contributed by atoms with Crippen LogP contribution in [-0.2, 0) is 20.9 Å². The van der Waals surface area contributed by atoms with Crippen molar-refractivity contribution in [3.63, 3.8) is 0 Å². The Hall–Kier alpha value is -1.84. The summed E-state index contributed by atoms with van der Waals surface area (Å²) in [4.78, 5) is 22.7. The summed E-state index contributed by atoms with van der Waals surface area (Å²) < 4.78 is 10.3. The average Bonchev–Trinajstić information content (AvgIpc) is 2.56. The molecule has 0 radical (unpaired) electrons. The molecule has 0 fully saturated rings. The molecule has 0 aromatic heterocycles. The SMILES string of the molecule is CC.CCCC(CCC)CC(=O)Oc1ccc(COC(C)=O)cc1. The van der Waals surface area contributed by atoms with Gasteiger partial charge in [-0.1, -0.05) is 65.5 Å². The van der Waals surface area contributed by atoms with E-state index in [0.717, 1.165) is 31.2 Å². The smallest absolute Gasteiger partial charge is 0.311 e. The fourth-order valence-electron chi connectivity index (χ4n) is 2.41. The molecule has 24 heavy (non-hydrogen) atoms. The largest absolute Gasteiger partial charge is 0.461 e. The van der Waals surface area contributed by atoms with E-state index >= 15 is 0 Å².